The Morgan fingerprint density at radius 3 is 2.73 bits per heavy atom. The summed E-state index contributed by atoms with van der Waals surface area (Å²) in [6.07, 6.45) is 1.98. The fraction of sp³-hybridized carbons (Fsp3) is 0.348. The normalized spacial score (nSPS) is 15.0. The number of benzene rings is 2. The predicted octanol–water partition coefficient (Wildman–Crippen LogP) is 3.51. The number of thiocarbonyl (C=S) groups is 1. The number of hydrogen-bond donors (Lipinski definition) is 3. The van der Waals surface area contributed by atoms with Gasteiger partial charge in [0, 0.05) is 24.7 Å². The molecule has 0 aliphatic carbocycles. The van der Waals surface area contributed by atoms with Crippen LogP contribution in [0.25, 0.3) is 0 Å². The van der Waals surface area contributed by atoms with Crippen LogP contribution in [0.5, 0.6) is 5.75 Å². The van der Waals surface area contributed by atoms with Gasteiger partial charge >= 0.3 is 0 Å². The summed E-state index contributed by atoms with van der Waals surface area (Å²) < 4.78 is 16.9. The molecule has 3 rings (SSSR count). The molecule has 0 spiro atoms. The molecule has 2 aromatic rings. The zero-order valence-electron chi connectivity index (χ0n) is 18.2. The monoisotopic (exact) mass is 535 g/mol. The van der Waals surface area contributed by atoms with E-state index < -0.39 is 5.91 Å². The van der Waals surface area contributed by atoms with Gasteiger partial charge in [-0.15, -0.1) is 0 Å². The number of halogens is 1. The van der Waals surface area contributed by atoms with E-state index in [0.29, 0.717) is 42.3 Å². The number of nitrogens with one attached hydrogen (secondary N) is 3. The van der Waals surface area contributed by atoms with E-state index in [4.69, 9.17) is 26.4 Å². The fourth-order valence-electron chi connectivity index (χ4n) is 3.26. The first-order valence-electron chi connectivity index (χ1n) is 10.5. The molecule has 0 saturated carbocycles. The predicted molar refractivity (Wildman–Crippen MR) is 133 cm³/mol. The third-order valence-corrected chi connectivity index (χ3v) is 5.59. The maximum absolute atomic E-state index is 12.9. The minimum absolute atomic E-state index is 0.0416. The van der Waals surface area contributed by atoms with Gasteiger partial charge in [-0.2, -0.15) is 0 Å². The average Bonchev–Trinajstić information content (AvgIpc) is 3.32. The Morgan fingerprint density at radius 1 is 1.15 bits per heavy atom. The van der Waals surface area contributed by atoms with Crippen LogP contribution in [-0.4, -0.2) is 56.5 Å². The summed E-state index contributed by atoms with van der Waals surface area (Å²) in [5, 5.41) is 8.53. The van der Waals surface area contributed by atoms with Crippen molar-refractivity contribution in [2.45, 2.75) is 18.9 Å². The Labute approximate surface area is 206 Å². The van der Waals surface area contributed by atoms with Crippen molar-refractivity contribution in [3.8, 4) is 5.75 Å². The third kappa shape index (κ3) is 7.50. The number of methoxy groups -OCH3 is 1. The second kappa shape index (κ2) is 12.6. The summed E-state index contributed by atoms with van der Waals surface area (Å²) in [5.74, 6) is -0.283. The van der Waals surface area contributed by atoms with Gasteiger partial charge in [0.05, 0.1) is 29.5 Å². The molecule has 0 bridgehead atoms. The number of rotatable bonds is 9. The van der Waals surface area contributed by atoms with Crippen molar-refractivity contribution >= 4 is 50.8 Å². The van der Waals surface area contributed by atoms with Crippen molar-refractivity contribution in [3.05, 3.63) is 58.1 Å². The molecule has 1 heterocycles. The third-order valence-electron chi connectivity index (χ3n) is 4.89. The Morgan fingerprint density at radius 2 is 1.97 bits per heavy atom. The van der Waals surface area contributed by atoms with Crippen LogP contribution in [0.4, 0.5) is 5.69 Å². The number of para-hydroxylation sites is 1. The molecular formula is C23H26BrN3O5S. The molecule has 1 fully saturated rings. The van der Waals surface area contributed by atoms with Gasteiger partial charge in [-0.3, -0.25) is 14.9 Å². The zero-order chi connectivity index (χ0) is 23.6. The summed E-state index contributed by atoms with van der Waals surface area (Å²) in [7, 11) is 1.57. The first kappa shape index (κ1) is 25.1. The van der Waals surface area contributed by atoms with E-state index >= 15 is 0 Å². The van der Waals surface area contributed by atoms with Crippen molar-refractivity contribution in [1.82, 2.24) is 10.6 Å². The van der Waals surface area contributed by atoms with Crippen LogP contribution in [0.3, 0.4) is 0 Å². The van der Waals surface area contributed by atoms with Crippen LogP contribution in [-0.2, 0) is 9.47 Å². The molecule has 3 N–H and O–H groups in total. The highest BCUT2D eigenvalue weighted by molar-refractivity contribution is 9.10. The highest BCUT2D eigenvalue weighted by Crippen LogP contribution is 2.23. The largest absolute Gasteiger partial charge is 0.490 e. The number of ether oxygens (including phenoxy) is 3. The lowest BCUT2D eigenvalue weighted by molar-refractivity contribution is 0.0858. The molecule has 1 unspecified atom stereocenters. The van der Waals surface area contributed by atoms with Gasteiger partial charge < -0.3 is 24.8 Å². The molecular weight excluding hydrogens is 510 g/mol. The highest BCUT2D eigenvalue weighted by atomic mass is 79.9. The number of carbonyl (C=O) groups excluding carboxylic acids is 2. The summed E-state index contributed by atoms with van der Waals surface area (Å²) in [6.45, 7) is 1.87. The van der Waals surface area contributed by atoms with Crippen LogP contribution < -0.4 is 20.7 Å². The molecule has 1 saturated heterocycles. The van der Waals surface area contributed by atoms with Crippen molar-refractivity contribution in [1.29, 1.82) is 0 Å². The lowest BCUT2D eigenvalue weighted by Gasteiger charge is -2.16. The van der Waals surface area contributed by atoms with Crippen LogP contribution >= 0.6 is 28.1 Å². The molecule has 8 nitrogen and oxygen atoms in total. The number of anilines is 1. The quantitative estimate of drug-likeness (QED) is 0.334. The molecule has 176 valence electrons. The number of carbonyl (C=O) groups is 2. The fourth-order valence-corrected chi connectivity index (χ4v) is 3.83. The van der Waals surface area contributed by atoms with Gasteiger partial charge in [0.15, 0.2) is 5.11 Å². The molecule has 10 heteroatoms. The van der Waals surface area contributed by atoms with E-state index in [9.17, 15) is 9.59 Å². The minimum Gasteiger partial charge on any atom is -0.490 e. The molecule has 1 atom stereocenters. The summed E-state index contributed by atoms with van der Waals surface area (Å²) >= 11 is 8.69. The Kier molecular flexibility index (Phi) is 9.61. The maximum atomic E-state index is 12.9. The number of hydrogen-bond acceptors (Lipinski definition) is 6. The van der Waals surface area contributed by atoms with Gasteiger partial charge in [-0.05, 0) is 55.4 Å². The molecule has 1 aliphatic heterocycles. The minimum atomic E-state index is -0.443. The highest BCUT2D eigenvalue weighted by Gasteiger charge is 2.19. The summed E-state index contributed by atoms with van der Waals surface area (Å²) in [6, 6.07) is 12.1. The van der Waals surface area contributed by atoms with E-state index in [1.54, 1.807) is 49.6 Å². The van der Waals surface area contributed by atoms with E-state index in [-0.39, 0.29) is 17.1 Å². The smallest absolute Gasteiger partial charge is 0.261 e. The Hall–Kier alpha value is -2.53. The van der Waals surface area contributed by atoms with Crippen LogP contribution in [0.2, 0.25) is 0 Å². The van der Waals surface area contributed by atoms with Crippen LogP contribution in [0, 0.1) is 0 Å². The summed E-state index contributed by atoms with van der Waals surface area (Å²) in [4.78, 5) is 25.5. The van der Waals surface area contributed by atoms with Crippen molar-refractivity contribution < 1.29 is 23.8 Å². The van der Waals surface area contributed by atoms with E-state index in [1.807, 2.05) is 0 Å². The molecule has 1 aliphatic rings. The van der Waals surface area contributed by atoms with Gasteiger partial charge in [0.25, 0.3) is 11.8 Å². The van der Waals surface area contributed by atoms with Crippen LogP contribution in [0.1, 0.15) is 33.6 Å². The molecule has 2 amide bonds. The SMILES string of the molecule is COCCOc1ccc(Br)cc1C(=O)NC(=S)Nc1ccccc1C(=O)NCC1CCCO1. The lowest BCUT2D eigenvalue weighted by atomic mass is 10.1. The molecule has 2 aromatic carbocycles. The van der Waals surface area contributed by atoms with E-state index in [1.165, 1.54) is 0 Å². The van der Waals surface area contributed by atoms with Gasteiger partial charge in [0.2, 0.25) is 0 Å². The molecule has 0 aromatic heterocycles. The molecule has 33 heavy (non-hydrogen) atoms. The van der Waals surface area contributed by atoms with Crippen molar-refractivity contribution in [3.63, 3.8) is 0 Å². The first-order chi connectivity index (χ1) is 16.0. The average molecular weight is 536 g/mol. The standard InChI is InChI=1S/C23H26BrN3O5S/c1-30-11-12-32-20-9-8-15(24)13-18(20)22(29)27-23(33)26-19-7-3-2-6-17(19)21(28)25-14-16-5-4-10-31-16/h2-3,6-9,13,16H,4-5,10-12,14H2,1H3,(H,25,28)(H2,26,27,29,33). The van der Waals surface area contributed by atoms with Gasteiger partial charge in [0.1, 0.15) is 12.4 Å². The lowest BCUT2D eigenvalue weighted by Crippen LogP contribution is -2.36. The summed E-state index contributed by atoms with van der Waals surface area (Å²) in [5.41, 5.74) is 1.21. The topological polar surface area (TPSA) is 97.9 Å². The maximum Gasteiger partial charge on any atom is 0.261 e. The molecule has 0 radical (unpaired) electrons. The van der Waals surface area contributed by atoms with E-state index in [2.05, 4.69) is 31.9 Å². The second-order valence-electron chi connectivity index (χ2n) is 7.28. The van der Waals surface area contributed by atoms with E-state index in [0.717, 1.165) is 23.9 Å². The van der Waals surface area contributed by atoms with Crippen molar-refractivity contribution in [2.24, 2.45) is 0 Å². The van der Waals surface area contributed by atoms with Gasteiger partial charge in [-0.25, -0.2) is 0 Å². The first-order valence-corrected chi connectivity index (χ1v) is 11.7. The van der Waals surface area contributed by atoms with Gasteiger partial charge in [-0.1, -0.05) is 28.1 Å². The van der Waals surface area contributed by atoms with Crippen LogP contribution in [0.15, 0.2) is 46.9 Å². The second-order valence-corrected chi connectivity index (χ2v) is 8.60. The zero-order valence-corrected chi connectivity index (χ0v) is 20.6. The van der Waals surface area contributed by atoms with Crippen molar-refractivity contribution in [2.75, 3.05) is 38.8 Å². The number of amides is 2. The Bertz CT molecular complexity index is 998. The Balaban J connectivity index is 1.63.